The predicted molar refractivity (Wildman–Crippen MR) is 97.3 cm³/mol. The Morgan fingerprint density at radius 1 is 0.962 bits per heavy atom. The highest BCUT2D eigenvalue weighted by Gasteiger charge is 2.38. The SMILES string of the molecule is Cc1ccc2c(C(F)(F)F)c(O[C@H]3CC[C@H](C(C)(C)C)CC3)ccc2n1. The van der Waals surface area contributed by atoms with E-state index in [-0.39, 0.29) is 22.7 Å². The van der Waals surface area contributed by atoms with Crippen molar-refractivity contribution in [2.24, 2.45) is 11.3 Å². The van der Waals surface area contributed by atoms with Crippen molar-refractivity contribution in [1.29, 1.82) is 0 Å². The first-order chi connectivity index (χ1) is 12.1. The largest absolute Gasteiger partial charge is 0.490 e. The Balaban J connectivity index is 1.88. The van der Waals surface area contributed by atoms with E-state index in [2.05, 4.69) is 25.8 Å². The van der Waals surface area contributed by atoms with Gasteiger partial charge in [0.05, 0.1) is 11.6 Å². The fraction of sp³-hybridized carbons (Fsp3) is 0.571. The third-order valence-electron chi connectivity index (χ3n) is 5.45. The van der Waals surface area contributed by atoms with Gasteiger partial charge in [0, 0.05) is 11.1 Å². The van der Waals surface area contributed by atoms with Crippen molar-refractivity contribution < 1.29 is 17.9 Å². The summed E-state index contributed by atoms with van der Waals surface area (Å²) < 4.78 is 47.1. The number of rotatable bonds is 2. The van der Waals surface area contributed by atoms with Gasteiger partial charge in [0.15, 0.2) is 0 Å². The Bertz CT molecular complexity index is 784. The summed E-state index contributed by atoms with van der Waals surface area (Å²) in [7, 11) is 0. The van der Waals surface area contributed by atoms with Crippen molar-refractivity contribution in [3.05, 3.63) is 35.5 Å². The molecule has 0 spiro atoms. The van der Waals surface area contributed by atoms with Crippen LogP contribution in [0.25, 0.3) is 10.9 Å². The molecule has 0 bridgehead atoms. The number of fused-ring (bicyclic) bond motifs is 1. The monoisotopic (exact) mass is 365 g/mol. The van der Waals surface area contributed by atoms with E-state index in [1.54, 1.807) is 19.1 Å². The summed E-state index contributed by atoms with van der Waals surface area (Å²) in [4.78, 5) is 4.22. The van der Waals surface area contributed by atoms with Gasteiger partial charge in [-0.25, -0.2) is 0 Å². The molecule has 0 amide bonds. The molecule has 5 heteroatoms. The molecule has 0 N–H and O–H groups in total. The molecular weight excluding hydrogens is 339 g/mol. The lowest BCUT2D eigenvalue weighted by Crippen LogP contribution is -2.31. The molecule has 26 heavy (non-hydrogen) atoms. The van der Waals surface area contributed by atoms with Crippen molar-refractivity contribution >= 4 is 10.9 Å². The summed E-state index contributed by atoms with van der Waals surface area (Å²) in [6.45, 7) is 8.43. The second kappa shape index (κ2) is 6.75. The minimum atomic E-state index is -4.48. The van der Waals surface area contributed by atoms with Gasteiger partial charge in [-0.2, -0.15) is 13.2 Å². The minimum Gasteiger partial charge on any atom is -0.490 e. The smallest absolute Gasteiger partial charge is 0.420 e. The number of alkyl halides is 3. The highest BCUT2D eigenvalue weighted by molar-refractivity contribution is 5.85. The van der Waals surface area contributed by atoms with Crippen LogP contribution in [-0.2, 0) is 6.18 Å². The summed E-state index contributed by atoms with van der Waals surface area (Å²) in [5.74, 6) is 0.517. The molecule has 1 fully saturated rings. The fourth-order valence-electron chi connectivity index (χ4n) is 3.90. The number of aromatic nitrogens is 1. The highest BCUT2D eigenvalue weighted by Crippen LogP contribution is 2.43. The van der Waals surface area contributed by atoms with Crippen LogP contribution in [0.2, 0.25) is 0 Å². The molecule has 0 atom stereocenters. The molecule has 0 saturated heterocycles. The van der Waals surface area contributed by atoms with E-state index in [0.717, 1.165) is 25.7 Å². The molecule has 0 aliphatic heterocycles. The number of halogens is 3. The minimum absolute atomic E-state index is 0.0742. The number of ether oxygens (including phenoxy) is 1. The third-order valence-corrected chi connectivity index (χ3v) is 5.45. The zero-order valence-corrected chi connectivity index (χ0v) is 15.8. The topological polar surface area (TPSA) is 22.1 Å². The van der Waals surface area contributed by atoms with Gasteiger partial charge in [0.2, 0.25) is 0 Å². The average Bonchev–Trinajstić information content (AvgIpc) is 2.53. The van der Waals surface area contributed by atoms with Gasteiger partial charge in [0.1, 0.15) is 11.3 Å². The van der Waals surface area contributed by atoms with E-state index in [0.29, 0.717) is 17.1 Å². The number of aryl methyl sites for hydroxylation is 1. The number of hydrogen-bond donors (Lipinski definition) is 0. The first-order valence-corrected chi connectivity index (χ1v) is 9.20. The second-order valence-corrected chi connectivity index (χ2v) is 8.41. The van der Waals surface area contributed by atoms with E-state index in [1.807, 2.05) is 0 Å². The predicted octanol–water partition coefficient (Wildman–Crippen LogP) is 6.55. The maximum Gasteiger partial charge on any atom is 0.420 e. The van der Waals surface area contributed by atoms with Crippen LogP contribution < -0.4 is 4.74 Å². The zero-order valence-electron chi connectivity index (χ0n) is 15.8. The number of pyridine rings is 1. The summed E-state index contributed by atoms with van der Waals surface area (Å²) >= 11 is 0. The normalized spacial score (nSPS) is 21.8. The Morgan fingerprint density at radius 2 is 1.62 bits per heavy atom. The lowest BCUT2D eigenvalue weighted by Gasteiger charge is -2.37. The third kappa shape index (κ3) is 3.97. The van der Waals surface area contributed by atoms with Crippen molar-refractivity contribution in [2.75, 3.05) is 0 Å². The maximum absolute atomic E-state index is 13.7. The summed E-state index contributed by atoms with van der Waals surface area (Å²) in [6, 6.07) is 6.14. The second-order valence-electron chi connectivity index (χ2n) is 8.41. The van der Waals surface area contributed by atoms with Crippen molar-refractivity contribution in [2.45, 2.75) is 65.7 Å². The highest BCUT2D eigenvalue weighted by atomic mass is 19.4. The lowest BCUT2D eigenvalue weighted by atomic mass is 9.72. The van der Waals surface area contributed by atoms with Gasteiger partial charge in [-0.3, -0.25) is 4.98 Å². The van der Waals surface area contributed by atoms with Gasteiger partial charge >= 0.3 is 6.18 Å². The standard InChI is InChI=1S/C21H26F3NO/c1-13-5-10-16-17(25-13)11-12-18(19(16)21(22,23)24)26-15-8-6-14(7-9-15)20(2,3)4/h5,10-12,14-15H,6-9H2,1-4H3/t14-,15-. The Kier molecular flexibility index (Phi) is 4.93. The maximum atomic E-state index is 13.7. The van der Waals surface area contributed by atoms with Crippen LogP contribution in [0, 0.1) is 18.3 Å². The van der Waals surface area contributed by atoms with Crippen LogP contribution in [0.15, 0.2) is 24.3 Å². The van der Waals surface area contributed by atoms with Gasteiger partial charge in [-0.1, -0.05) is 26.8 Å². The molecular formula is C21H26F3NO. The Hall–Kier alpha value is -1.78. The molecule has 1 aromatic carbocycles. The molecule has 1 aliphatic rings. The molecule has 1 aliphatic carbocycles. The van der Waals surface area contributed by atoms with Gasteiger partial charge in [-0.15, -0.1) is 0 Å². The number of benzene rings is 1. The summed E-state index contributed by atoms with van der Waals surface area (Å²) in [5.41, 5.74) is 0.565. The van der Waals surface area contributed by atoms with Crippen LogP contribution in [0.1, 0.15) is 57.7 Å². The summed E-state index contributed by atoms with van der Waals surface area (Å²) in [5, 5.41) is 0.101. The van der Waals surface area contributed by atoms with E-state index >= 15 is 0 Å². The molecule has 1 aromatic heterocycles. The zero-order chi connectivity index (χ0) is 19.1. The number of nitrogens with zero attached hydrogens (tertiary/aromatic N) is 1. The lowest BCUT2D eigenvalue weighted by molar-refractivity contribution is -0.138. The molecule has 1 heterocycles. The van der Waals surface area contributed by atoms with Gasteiger partial charge in [0.25, 0.3) is 0 Å². The Labute approximate surface area is 152 Å². The molecule has 2 aromatic rings. The summed E-state index contributed by atoms with van der Waals surface area (Å²) in [6.07, 6.45) is -1.07. The van der Waals surface area contributed by atoms with E-state index in [9.17, 15) is 13.2 Å². The molecule has 1 saturated carbocycles. The molecule has 0 radical (unpaired) electrons. The number of hydrogen-bond acceptors (Lipinski definition) is 2. The molecule has 142 valence electrons. The first kappa shape index (κ1) is 19.0. The van der Waals surface area contributed by atoms with Crippen LogP contribution >= 0.6 is 0 Å². The van der Waals surface area contributed by atoms with Crippen LogP contribution in [0.3, 0.4) is 0 Å². The molecule has 2 nitrogen and oxygen atoms in total. The van der Waals surface area contributed by atoms with Crippen LogP contribution in [-0.4, -0.2) is 11.1 Å². The van der Waals surface area contributed by atoms with Crippen molar-refractivity contribution in [3.63, 3.8) is 0 Å². The van der Waals surface area contributed by atoms with Crippen LogP contribution in [0.5, 0.6) is 5.75 Å². The fourth-order valence-corrected chi connectivity index (χ4v) is 3.90. The molecule has 3 rings (SSSR count). The van der Waals surface area contributed by atoms with Crippen molar-refractivity contribution in [1.82, 2.24) is 4.98 Å². The first-order valence-electron chi connectivity index (χ1n) is 9.20. The van der Waals surface area contributed by atoms with Gasteiger partial charge < -0.3 is 4.74 Å². The van der Waals surface area contributed by atoms with E-state index < -0.39 is 11.7 Å². The molecule has 0 unspecified atom stereocenters. The van der Waals surface area contributed by atoms with Crippen LogP contribution in [0.4, 0.5) is 13.2 Å². The quantitative estimate of drug-likeness (QED) is 0.602. The average molecular weight is 365 g/mol. The Morgan fingerprint density at radius 3 is 2.19 bits per heavy atom. The van der Waals surface area contributed by atoms with E-state index in [1.165, 1.54) is 12.1 Å². The van der Waals surface area contributed by atoms with Crippen molar-refractivity contribution in [3.8, 4) is 5.75 Å². The van der Waals surface area contributed by atoms with E-state index in [4.69, 9.17) is 4.74 Å². The van der Waals surface area contributed by atoms with Gasteiger partial charge in [-0.05, 0) is 62.1 Å².